The normalized spacial score (nSPS) is 11.0. The number of rotatable bonds is 1. The number of nitrogens with zero attached hydrogens (tertiary/aromatic N) is 1. The van der Waals surface area contributed by atoms with Crippen molar-refractivity contribution in [2.24, 2.45) is 7.05 Å². The predicted octanol–water partition coefficient (Wildman–Crippen LogP) is 2.32. The van der Waals surface area contributed by atoms with Gasteiger partial charge in [-0.1, -0.05) is 11.6 Å². The molecule has 1 aromatic carbocycles. The maximum Gasteiger partial charge on any atom is 0.0833 e. The second-order valence-corrected chi connectivity index (χ2v) is 3.49. The summed E-state index contributed by atoms with van der Waals surface area (Å²) in [5.41, 5.74) is 1.99. The first kappa shape index (κ1) is 8.60. The zero-order chi connectivity index (χ0) is 9.42. The SMILES string of the molecule is Cn1c(CO)cc2cc(Cl)ccc21. The lowest BCUT2D eigenvalue weighted by atomic mass is 10.2. The van der Waals surface area contributed by atoms with Crippen molar-refractivity contribution in [3.05, 3.63) is 35.0 Å². The number of aliphatic hydroxyl groups is 1. The van der Waals surface area contributed by atoms with Crippen LogP contribution in [-0.4, -0.2) is 9.67 Å². The standard InChI is InChI=1S/C10H10ClNO/c1-12-9(6-13)5-7-4-8(11)2-3-10(7)12/h2-5,13H,6H2,1H3. The maximum atomic E-state index is 9.03. The molecule has 0 saturated carbocycles. The van der Waals surface area contributed by atoms with Gasteiger partial charge in [-0.2, -0.15) is 0 Å². The zero-order valence-corrected chi connectivity index (χ0v) is 8.04. The van der Waals surface area contributed by atoms with Crippen molar-refractivity contribution in [2.75, 3.05) is 0 Å². The Morgan fingerprint density at radius 1 is 1.38 bits per heavy atom. The van der Waals surface area contributed by atoms with Crippen molar-refractivity contribution < 1.29 is 5.11 Å². The first-order valence-electron chi connectivity index (χ1n) is 4.07. The molecule has 1 aromatic heterocycles. The molecule has 2 rings (SSSR count). The summed E-state index contributed by atoms with van der Waals surface area (Å²) < 4.78 is 1.96. The smallest absolute Gasteiger partial charge is 0.0833 e. The number of aryl methyl sites for hydroxylation is 1. The molecule has 0 radical (unpaired) electrons. The minimum absolute atomic E-state index is 0.0583. The highest BCUT2D eigenvalue weighted by atomic mass is 35.5. The average Bonchev–Trinajstić information content (AvgIpc) is 2.42. The van der Waals surface area contributed by atoms with Gasteiger partial charge in [-0.05, 0) is 24.3 Å². The Hall–Kier alpha value is -0.990. The minimum atomic E-state index is 0.0583. The molecule has 0 aliphatic carbocycles. The molecule has 0 aliphatic heterocycles. The van der Waals surface area contributed by atoms with Crippen LogP contribution in [0.4, 0.5) is 0 Å². The third-order valence-electron chi connectivity index (χ3n) is 2.27. The molecule has 0 aliphatic rings. The highest BCUT2D eigenvalue weighted by Crippen LogP contribution is 2.22. The highest BCUT2D eigenvalue weighted by Gasteiger charge is 2.04. The Morgan fingerprint density at radius 3 is 2.85 bits per heavy atom. The van der Waals surface area contributed by atoms with Gasteiger partial charge in [0.1, 0.15) is 0 Å². The monoisotopic (exact) mass is 195 g/mol. The Morgan fingerprint density at radius 2 is 2.15 bits per heavy atom. The van der Waals surface area contributed by atoms with Crippen LogP contribution in [0.3, 0.4) is 0 Å². The highest BCUT2D eigenvalue weighted by molar-refractivity contribution is 6.31. The molecule has 3 heteroatoms. The summed E-state index contributed by atoms with van der Waals surface area (Å²) in [6, 6.07) is 7.65. The van der Waals surface area contributed by atoms with E-state index in [0.717, 1.165) is 21.6 Å². The van der Waals surface area contributed by atoms with E-state index in [1.165, 1.54) is 0 Å². The van der Waals surface area contributed by atoms with Crippen LogP contribution in [0.1, 0.15) is 5.69 Å². The Kier molecular flexibility index (Phi) is 2.02. The molecule has 0 amide bonds. The summed E-state index contributed by atoms with van der Waals surface area (Å²) in [5.74, 6) is 0. The molecule has 2 aromatic rings. The van der Waals surface area contributed by atoms with Crippen molar-refractivity contribution >= 4 is 22.5 Å². The van der Waals surface area contributed by atoms with Crippen LogP contribution in [0.15, 0.2) is 24.3 Å². The van der Waals surface area contributed by atoms with E-state index in [2.05, 4.69) is 0 Å². The molecule has 1 N–H and O–H groups in total. The van der Waals surface area contributed by atoms with Crippen LogP contribution in [0, 0.1) is 0 Å². The zero-order valence-electron chi connectivity index (χ0n) is 7.29. The molecule has 0 bridgehead atoms. The number of hydrogen-bond acceptors (Lipinski definition) is 1. The second kappa shape index (κ2) is 3.05. The van der Waals surface area contributed by atoms with E-state index >= 15 is 0 Å². The number of aliphatic hydroxyl groups excluding tert-OH is 1. The van der Waals surface area contributed by atoms with Gasteiger partial charge in [-0.25, -0.2) is 0 Å². The maximum absolute atomic E-state index is 9.03. The van der Waals surface area contributed by atoms with Gasteiger partial charge in [-0.15, -0.1) is 0 Å². The van der Waals surface area contributed by atoms with Gasteiger partial charge in [0.05, 0.1) is 6.61 Å². The molecule has 0 saturated heterocycles. The van der Waals surface area contributed by atoms with Crippen LogP contribution in [0.2, 0.25) is 5.02 Å². The number of fused-ring (bicyclic) bond motifs is 1. The third-order valence-corrected chi connectivity index (χ3v) is 2.50. The van der Waals surface area contributed by atoms with Gasteiger partial charge in [0.15, 0.2) is 0 Å². The molecule has 1 heterocycles. The van der Waals surface area contributed by atoms with Crippen LogP contribution in [-0.2, 0) is 13.7 Å². The van der Waals surface area contributed by atoms with Crippen molar-refractivity contribution in [1.29, 1.82) is 0 Å². The van der Waals surface area contributed by atoms with Crippen molar-refractivity contribution in [1.82, 2.24) is 4.57 Å². The van der Waals surface area contributed by atoms with Crippen molar-refractivity contribution in [2.45, 2.75) is 6.61 Å². The summed E-state index contributed by atoms with van der Waals surface area (Å²) >= 11 is 5.85. The molecule has 0 fully saturated rings. The van der Waals surface area contributed by atoms with Gasteiger partial charge in [-0.3, -0.25) is 0 Å². The third kappa shape index (κ3) is 1.32. The van der Waals surface area contributed by atoms with Crippen LogP contribution in [0.25, 0.3) is 10.9 Å². The van der Waals surface area contributed by atoms with E-state index in [1.54, 1.807) is 0 Å². The van der Waals surface area contributed by atoms with Gasteiger partial charge in [0.2, 0.25) is 0 Å². The fourth-order valence-corrected chi connectivity index (χ4v) is 1.71. The topological polar surface area (TPSA) is 25.2 Å². The van der Waals surface area contributed by atoms with E-state index in [4.69, 9.17) is 16.7 Å². The predicted molar refractivity (Wildman–Crippen MR) is 53.9 cm³/mol. The number of aromatic nitrogens is 1. The number of benzene rings is 1. The van der Waals surface area contributed by atoms with Gasteiger partial charge < -0.3 is 9.67 Å². The van der Waals surface area contributed by atoms with E-state index in [-0.39, 0.29) is 6.61 Å². The molecule has 68 valence electrons. The summed E-state index contributed by atoms with van der Waals surface area (Å²) in [7, 11) is 1.93. The van der Waals surface area contributed by atoms with Crippen molar-refractivity contribution in [3.8, 4) is 0 Å². The van der Waals surface area contributed by atoms with Crippen LogP contribution in [0.5, 0.6) is 0 Å². The van der Waals surface area contributed by atoms with E-state index in [1.807, 2.05) is 35.9 Å². The summed E-state index contributed by atoms with van der Waals surface area (Å²) in [6.45, 7) is 0.0583. The first-order chi connectivity index (χ1) is 6.22. The molecule has 13 heavy (non-hydrogen) atoms. The Balaban J connectivity index is 2.76. The Labute approximate surface area is 81.4 Å². The van der Waals surface area contributed by atoms with Gasteiger partial charge in [0, 0.05) is 28.7 Å². The lowest BCUT2D eigenvalue weighted by Crippen LogP contribution is -1.94. The van der Waals surface area contributed by atoms with Gasteiger partial charge in [0.25, 0.3) is 0 Å². The average molecular weight is 196 g/mol. The second-order valence-electron chi connectivity index (χ2n) is 3.06. The summed E-state index contributed by atoms with van der Waals surface area (Å²) in [6.07, 6.45) is 0. The quantitative estimate of drug-likeness (QED) is 0.743. The molecular formula is C10H10ClNO. The lowest BCUT2D eigenvalue weighted by Gasteiger charge is -1.99. The largest absolute Gasteiger partial charge is 0.390 e. The minimum Gasteiger partial charge on any atom is -0.390 e. The Bertz CT molecular complexity index is 447. The van der Waals surface area contributed by atoms with E-state index in [9.17, 15) is 0 Å². The molecule has 0 atom stereocenters. The summed E-state index contributed by atoms with van der Waals surface area (Å²) in [4.78, 5) is 0. The fourth-order valence-electron chi connectivity index (χ4n) is 1.53. The van der Waals surface area contributed by atoms with E-state index in [0.29, 0.717) is 0 Å². The van der Waals surface area contributed by atoms with Crippen molar-refractivity contribution in [3.63, 3.8) is 0 Å². The fraction of sp³-hybridized carbons (Fsp3) is 0.200. The number of hydrogen-bond donors (Lipinski definition) is 1. The molecule has 2 nitrogen and oxygen atoms in total. The number of halogens is 1. The summed E-state index contributed by atoms with van der Waals surface area (Å²) in [5, 5.41) is 10.8. The van der Waals surface area contributed by atoms with Gasteiger partial charge >= 0.3 is 0 Å². The first-order valence-corrected chi connectivity index (χ1v) is 4.45. The van der Waals surface area contributed by atoms with E-state index < -0.39 is 0 Å². The van der Waals surface area contributed by atoms with Crippen LogP contribution >= 0.6 is 11.6 Å². The molecule has 0 unspecified atom stereocenters. The molecule has 0 spiro atoms. The lowest BCUT2D eigenvalue weighted by molar-refractivity contribution is 0.273. The van der Waals surface area contributed by atoms with Crippen LogP contribution < -0.4 is 0 Å². The molecular weight excluding hydrogens is 186 g/mol.